The third-order valence-corrected chi connectivity index (χ3v) is 2.50. The van der Waals surface area contributed by atoms with Gasteiger partial charge in [0, 0.05) is 23.3 Å². The fourth-order valence-electron chi connectivity index (χ4n) is 1.67. The number of hydrogen-bond donors (Lipinski definition) is 0. The quantitative estimate of drug-likeness (QED) is 0.594. The van der Waals surface area contributed by atoms with Crippen LogP contribution in [0.2, 0.25) is 0 Å². The van der Waals surface area contributed by atoms with Gasteiger partial charge in [0.25, 0.3) is 0 Å². The van der Waals surface area contributed by atoms with E-state index < -0.39 is 4.92 Å². The van der Waals surface area contributed by atoms with E-state index in [9.17, 15) is 10.1 Å². The Kier molecular flexibility index (Phi) is 4.53. The molecular formula is C12H15NO5. The summed E-state index contributed by atoms with van der Waals surface area (Å²) in [5.74, 6) is 1.54. The van der Waals surface area contributed by atoms with Crippen molar-refractivity contribution in [1.29, 1.82) is 0 Å². The number of benzene rings is 1. The average Bonchev–Trinajstić information content (AvgIpc) is 2.35. The second-order valence-electron chi connectivity index (χ2n) is 3.45. The predicted molar refractivity (Wildman–Crippen MR) is 66.9 cm³/mol. The molecule has 18 heavy (non-hydrogen) atoms. The van der Waals surface area contributed by atoms with Crippen molar-refractivity contribution in [3.05, 3.63) is 33.5 Å². The van der Waals surface area contributed by atoms with E-state index in [1.165, 1.54) is 27.4 Å². The third-order valence-electron chi connectivity index (χ3n) is 2.50. The molecule has 6 heteroatoms. The fourth-order valence-corrected chi connectivity index (χ4v) is 1.67. The van der Waals surface area contributed by atoms with Crippen molar-refractivity contribution in [1.82, 2.24) is 0 Å². The lowest BCUT2D eigenvalue weighted by Crippen LogP contribution is -1.98. The van der Waals surface area contributed by atoms with Crippen LogP contribution in [0.25, 0.3) is 6.08 Å². The number of ether oxygens (including phenoxy) is 3. The molecule has 6 nitrogen and oxygen atoms in total. The molecule has 0 atom stereocenters. The Morgan fingerprint density at radius 1 is 1.17 bits per heavy atom. The Morgan fingerprint density at radius 2 is 1.78 bits per heavy atom. The van der Waals surface area contributed by atoms with Crippen molar-refractivity contribution in [3.63, 3.8) is 0 Å². The average molecular weight is 253 g/mol. The molecule has 0 fully saturated rings. The van der Waals surface area contributed by atoms with E-state index in [1.807, 2.05) is 0 Å². The van der Waals surface area contributed by atoms with Crippen LogP contribution in [0.4, 0.5) is 0 Å². The highest BCUT2D eigenvalue weighted by Gasteiger charge is 2.16. The van der Waals surface area contributed by atoms with Gasteiger partial charge in [-0.1, -0.05) is 0 Å². The molecule has 0 amide bonds. The molecule has 0 spiro atoms. The Labute approximate surface area is 105 Å². The monoisotopic (exact) mass is 253 g/mol. The first-order valence-corrected chi connectivity index (χ1v) is 5.16. The van der Waals surface area contributed by atoms with Crippen LogP contribution in [0.5, 0.6) is 17.2 Å². The van der Waals surface area contributed by atoms with Gasteiger partial charge in [-0.3, -0.25) is 10.1 Å². The van der Waals surface area contributed by atoms with Crippen LogP contribution in [-0.2, 0) is 0 Å². The van der Waals surface area contributed by atoms with Gasteiger partial charge >= 0.3 is 0 Å². The lowest BCUT2D eigenvalue weighted by atomic mass is 10.1. The minimum atomic E-state index is -0.532. The molecule has 1 aromatic rings. The van der Waals surface area contributed by atoms with Crippen molar-refractivity contribution in [2.45, 2.75) is 6.92 Å². The highest BCUT2D eigenvalue weighted by Crippen LogP contribution is 2.39. The van der Waals surface area contributed by atoms with Crippen molar-refractivity contribution in [3.8, 4) is 17.2 Å². The summed E-state index contributed by atoms with van der Waals surface area (Å²) in [5.41, 5.74) is 1.30. The van der Waals surface area contributed by atoms with Crippen LogP contribution >= 0.6 is 0 Å². The highest BCUT2D eigenvalue weighted by molar-refractivity contribution is 5.68. The number of methoxy groups -OCH3 is 3. The summed E-state index contributed by atoms with van der Waals surface area (Å²) in [4.78, 5) is 9.85. The Bertz CT molecular complexity index is 482. The van der Waals surface area contributed by atoms with Crippen molar-refractivity contribution < 1.29 is 19.1 Å². The maximum absolute atomic E-state index is 10.4. The zero-order chi connectivity index (χ0) is 13.7. The second kappa shape index (κ2) is 5.90. The first-order valence-electron chi connectivity index (χ1n) is 5.16. The zero-order valence-electron chi connectivity index (χ0n) is 10.7. The van der Waals surface area contributed by atoms with Crippen LogP contribution in [0.15, 0.2) is 12.3 Å². The van der Waals surface area contributed by atoms with Crippen LogP contribution in [0.3, 0.4) is 0 Å². The van der Waals surface area contributed by atoms with E-state index in [-0.39, 0.29) is 0 Å². The first-order chi connectivity index (χ1) is 8.54. The van der Waals surface area contributed by atoms with Gasteiger partial charge in [-0.05, 0) is 6.92 Å². The Balaban J connectivity index is 3.43. The molecule has 1 aromatic carbocycles. The largest absolute Gasteiger partial charge is 0.496 e. The van der Waals surface area contributed by atoms with Gasteiger partial charge in [-0.2, -0.15) is 0 Å². The summed E-state index contributed by atoms with van der Waals surface area (Å²) in [6.45, 7) is 1.78. The smallest absolute Gasteiger partial charge is 0.235 e. The first kappa shape index (κ1) is 13.8. The minimum Gasteiger partial charge on any atom is -0.496 e. The van der Waals surface area contributed by atoms with E-state index >= 15 is 0 Å². The van der Waals surface area contributed by atoms with Crippen LogP contribution in [0, 0.1) is 17.0 Å². The van der Waals surface area contributed by atoms with E-state index in [1.54, 1.807) is 13.0 Å². The lowest BCUT2D eigenvalue weighted by molar-refractivity contribution is -0.400. The van der Waals surface area contributed by atoms with E-state index in [4.69, 9.17) is 14.2 Å². The van der Waals surface area contributed by atoms with Crippen molar-refractivity contribution in [2.75, 3.05) is 21.3 Å². The highest BCUT2D eigenvalue weighted by atomic mass is 16.6. The summed E-state index contributed by atoms with van der Waals surface area (Å²) in [6, 6.07) is 1.63. The molecule has 0 radical (unpaired) electrons. The molecule has 0 aromatic heterocycles. The Morgan fingerprint density at radius 3 is 2.22 bits per heavy atom. The molecule has 0 saturated carbocycles. The normalized spacial score (nSPS) is 10.4. The van der Waals surface area contributed by atoms with Gasteiger partial charge in [0.2, 0.25) is 6.20 Å². The van der Waals surface area contributed by atoms with Crippen LogP contribution in [-0.4, -0.2) is 26.3 Å². The summed E-state index contributed by atoms with van der Waals surface area (Å²) in [5, 5.41) is 10.4. The maximum Gasteiger partial charge on any atom is 0.235 e. The number of nitrogens with zero attached hydrogens (tertiary/aromatic N) is 1. The van der Waals surface area contributed by atoms with Gasteiger partial charge in [-0.15, -0.1) is 0 Å². The summed E-state index contributed by atoms with van der Waals surface area (Å²) in [7, 11) is 4.52. The molecule has 0 N–H and O–H groups in total. The number of hydrogen-bond acceptors (Lipinski definition) is 5. The summed E-state index contributed by atoms with van der Waals surface area (Å²) >= 11 is 0. The molecule has 0 saturated heterocycles. The molecule has 0 heterocycles. The van der Waals surface area contributed by atoms with Crippen molar-refractivity contribution >= 4 is 6.08 Å². The lowest BCUT2D eigenvalue weighted by Gasteiger charge is -2.15. The number of rotatable bonds is 5. The third kappa shape index (κ3) is 2.71. The van der Waals surface area contributed by atoms with E-state index in [0.717, 1.165) is 6.20 Å². The molecular weight excluding hydrogens is 238 g/mol. The molecule has 98 valence electrons. The Hall–Kier alpha value is -2.24. The van der Waals surface area contributed by atoms with Crippen LogP contribution in [0.1, 0.15) is 11.1 Å². The number of nitro groups is 1. The van der Waals surface area contributed by atoms with Gasteiger partial charge in [0.1, 0.15) is 5.75 Å². The molecule has 0 aliphatic heterocycles. The topological polar surface area (TPSA) is 70.8 Å². The van der Waals surface area contributed by atoms with E-state index in [2.05, 4.69) is 0 Å². The molecule has 0 aliphatic rings. The van der Waals surface area contributed by atoms with Gasteiger partial charge in [-0.25, -0.2) is 0 Å². The maximum atomic E-state index is 10.4. The molecule has 0 unspecified atom stereocenters. The molecule has 1 rings (SSSR count). The molecule has 0 bridgehead atoms. The standard InChI is InChI=1S/C12H15NO5/c1-8-9(5-6-13(14)15)10(16-2)7-11(17-3)12(8)18-4/h5-7H,1-4H3/b6-5+. The second-order valence-corrected chi connectivity index (χ2v) is 3.45. The van der Waals surface area contributed by atoms with E-state index in [0.29, 0.717) is 28.4 Å². The summed E-state index contributed by atoms with van der Waals surface area (Å²) < 4.78 is 15.6. The van der Waals surface area contributed by atoms with Gasteiger partial charge < -0.3 is 14.2 Å². The fraction of sp³-hybridized carbons (Fsp3) is 0.333. The predicted octanol–water partition coefficient (Wildman–Crippen LogP) is 2.27. The van der Waals surface area contributed by atoms with Gasteiger partial charge in [0.15, 0.2) is 11.5 Å². The molecule has 0 aliphatic carbocycles. The van der Waals surface area contributed by atoms with Crippen molar-refractivity contribution in [2.24, 2.45) is 0 Å². The minimum absolute atomic E-state index is 0.489. The van der Waals surface area contributed by atoms with Gasteiger partial charge in [0.05, 0.1) is 26.3 Å². The zero-order valence-corrected chi connectivity index (χ0v) is 10.7. The van der Waals surface area contributed by atoms with Crippen LogP contribution < -0.4 is 14.2 Å². The summed E-state index contributed by atoms with van der Waals surface area (Å²) in [6.07, 6.45) is 2.23. The SMILES string of the molecule is COc1cc(OC)c(OC)c(C)c1/C=C/[N+](=O)[O-].